The second kappa shape index (κ2) is 6.20. The molecule has 1 saturated heterocycles. The molecule has 0 aliphatic carbocycles. The van der Waals surface area contributed by atoms with E-state index in [2.05, 4.69) is 10.3 Å². The van der Waals surface area contributed by atoms with E-state index >= 15 is 0 Å². The number of benzene rings is 1. The number of aromatic nitrogens is 1. The first kappa shape index (κ1) is 15.2. The van der Waals surface area contributed by atoms with Crippen LogP contribution in [0.15, 0.2) is 30.5 Å². The number of rotatable bonds is 4. The van der Waals surface area contributed by atoms with Gasteiger partial charge in [-0.15, -0.1) is 0 Å². The van der Waals surface area contributed by atoms with Crippen molar-refractivity contribution in [2.24, 2.45) is 5.92 Å². The number of hydrogen-bond acceptors (Lipinski definition) is 5. The molecule has 0 saturated carbocycles. The highest BCUT2D eigenvalue weighted by Crippen LogP contribution is 2.30. The standard InChI is InChI=1S/C16H18N4O3/c1-11(21)19-8-6-12(10-19)9-18-14-4-5-15(20(22)23)13-3-2-7-17-16(13)14/h2-5,7,12,18H,6,8-10H2,1H3/t12-/m1/s1. The highest BCUT2D eigenvalue weighted by atomic mass is 16.6. The SMILES string of the molecule is CC(=O)N1CC[C@H](CNc2ccc([N+](=O)[O-])c3cccnc23)C1. The minimum Gasteiger partial charge on any atom is -0.383 e. The summed E-state index contributed by atoms with van der Waals surface area (Å²) in [4.78, 5) is 28.2. The van der Waals surface area contributed by atoms with E-state index in [4.69, 9.17) is 0 Å². The second-order valence-corrected chi connectivity index (χ2v) is 5.79. The van der Waals surface area contributed by atoms with E-state index in [0.717, 1.165) is 25.2 Å². The van der Waals surface area contributed by atoms with Gasteiger partial charge in [-0.3, -0.25) is 19.9 Å². The predicted molar refractivity (Wildman–Crippen MR) is 87.2 cm³/mol. The van der Waals surface area contributed by atoms with Crippen LogP contribution in [0.25, 0.3) is 10.9 Å². The van der Waals surface area contributed by atoms with Gasteiger partial charge in [-0.05, 0) is 30.5 Å². The molecule has 0 unspecified atom stereocenters. The van der Waals surface area contributed by atoms with E-state index < -0.39 is 4.92 Å². The summed E-state index contributed by atoms with van der Waals surface area (Å²) in [5, 5.41) is 15.0. The van der Waals surface area contributed by atoms with Crippen molar-refractivity contribution >= 4 is 28.2 Å². The van der Waals surface area contributed by atoms with E-state index in [1.54, 1.807) is 31.3 Å². The Hall–Kier alpha value is -2.70. The Morgan fingerprint density at radius 2 is 2.30 bits per heavy atom. The molecule has 0 radical (unpaired) electrons. The molecule has 1 aliphatic heterocycles. The van der Waals surface area contributed by atoms with Gasteiger partial charge in [-0.25, -0.2) is 0 Å². The van der Waals surface area contributed by atoms with Crippen molar-refractivity contribution in [2.75, 3.05) is 25.0 Å². The third kappa shape index (κ3) is 3.08. The maximum atomic E-state index is 11.4. The number of nitro benzene ring substituents is 1. The molecule has 1 aromatic heterocycles. The normalized spacial score (nSPS) is 17.4. The quantitative estimate of drug-likeness (QED) is 0.691. The summed E-state index contributed by atoms with van der Waals surface area (Å²) in [6, 6.07) is 6.60. The third-order valence-corrected chi connectivity index (χ3v) is 4.26. The van der Waals surface area contributed by atoms with Crippen molar-refractivity contribution in [1.82, 2.24) is 9.88 Å². The van der Waals surface area contributed by atoms with Gasteiger partial charge in [-0.1, -0.05) is 0 Å². The molecule has 3 rings (SSSR count). The van der Waals surface area contributed by atoms with Gasteiger partial charge in [-0.2, -0.15) is 0 Å². The van der Waals surface area contributed by atoms with E-state index in [1.165, 1.54) is 6.07 Å². The van der Waals surface area contributed by atoms with Crippen LogP contribution < -0.4 is 5.32 Å². The molecule has 0 spiro atoms. The molecule has 7 nitrogen and oxygen atoms in total. The Morgan fingerprint density at radius 3 is 3.00 bits per heavy atom. The monoisotopic (exact) mass is 314 g/mol. The molecule has 120 valence electrons. The molecule has 0 bridgehead atoms. The van der Waals surface area contributed by atoms with Crippen LogP contribution in [0.4, 0.5) is 11.4 Å². The van der Waals surface area contributed by atoms with Crippen molar-refractivity contribution in [3.63, 3.8) is 0 Å². The summed E-state index contributed by atoms with van der Waals surface area (Å²) >= 11 is 0. The number of amides is 1. The van der Waals surface area contributed by atoms with Gasteiger partial charge in [0.2, 0.25) is 5.91 Å². The lowest BCUT2D eigenvalue weighted by atomic mass is 10.1. The maximum absolute atomic E-state index is 11.4. The zero-order valence-corrected chi connectivity index (χ0v) is 12.9. The molecule has 23 heavy (non-hydrogen) atoms. The Bertz CT molecular complexity index is 762. The van der Waals surface area contributed by atoms with Gasteiger partial charge in [0.25, 0.3) is 5.69 Å². The van der Waals surface area contributed by atoms with Gasteiger partial charge in [0.05, 0.1) is 16.0 Å². The van der Waals surface area contributed by atoms with Crippen molar-refractivity contribution in [1.29, 1.82) is 0 Å². The summed E-state index contributed by atoms with van der Waals surface area (Å²) in [6.07, 6.45) is 2.59. The number of carbonyl (C=O) groups is 1. The van der Waals surface area contributed by atoms with Gasteiger partial charge < -0.3 is 10.2 Å². The van der Waals surface area contributed by atoms with E-state index in [-0.39, 0.29) is 11.6 Å². The molecule has 1 aromatic carbocycles. The van der Waals surface area contributed by atoms with Crippen molar-refractivity contribution in [2.45, 2.75) is 13.3 Å². The third-order valence-electron chi connectivity index (χ3n) is 4.26. The number of fused-ring (bicyclic) bond motifs is 1. The number of likely N-dealkylation sites (tertiary alicyclic amines) is 1. The van der Waals surface area contributed by atoms with Crippen LogP contribution in [0.2, 0.25) is 0 Å². The average Bonchev–Trinajstić information content (AvgIpc) is 3.01. The molecule has 1 aliphatic rings. The highest BCUT2D eigenvalue weighted by molar-refractivity contribution is 5.96. The fourth-order valence-electron chi connectivity index (χ4n) is 3.00. The van der Waals surface area contributed by atoms with Crippen LogP contribution in [0.5, 0.6) is 0 Å². The van der Waals surface area contributed by atoms with Crippen LogP contribution in [-0.4, -0.2) is 40.3 Å². The Labute approximate surface area is 133 Å². The molecule has 1 amide bonds. The van der Waals surface area contributed by atoms with E-state index in [1.807, 2.05) is 4.90 Å². The lowest BCUT2D eigenvalue weighted by Crippen LogP contribution is -2.27. The number of anilines is 1. The first-order valence-corrected chi connectivity index (χ1v) is 7.58. The average molecular weight is 314 g/mol. The number of nitro groups is 1. The summed E-state index contributed by atoms with van der Waals surface area (Å²) in [6.45, 7) is 3.85. The molecule has 2 heterocycles. The summed E-state index contributed by atoms with van der Waals surface area (Å²) in [5.41, 5.74) is 1.44. The molecule has 1 N–H and O–H groups in total. The van der Waals surface area contributed by atoms with E-state index in [9.17, 15) is 14.9 Å². The minimum absolute atomic E-state index is 0.0577. The van der Waals surface area contributed by atoms with Crippen LogP contribution >= 0.6 is 0 Å². The van der Waals surface area contributed by atoms with Crippen LogP contribution in [0.1, 0.15) is 13.3 Å². The molecule has 7 heteroatoms. The Morgan fingerprint density at radius 1 is 1.48 bits per heavy atom. The van der Waals surface area contributed by atoms with Crippen LogP contribution in [0, 0.1) is 16.0 Å². The number of non-ortho nitro benzene ring substituents is 1. The van der Waals surface area contributed by atoms with Crippen molar-refractivity contribution in [3.8, 4) is 0 Å². The van der Waals surface area contributed by atoms with Gasteiger partial charge >= 0.3 is 0 Å². The largest absolute Gasteiger partial charge is 0.383 e. The minimum atomic E-state index is -0.393. The lowest BCUT2D eigenvalue weighted by Gasteiger charge is -2.15. The molecule has 1 fully saturated rings. The van der Waals surface area contributed by atoms with Gasteiger partial charge in [0.1, 0.15) is 5.52 Å². The first-order chi connectivity index (χ1) is 11.1. The molecule has 2 aromatic rings. The number of hydrogen-bond donors (Lipinski definition) is 1. The lowest BCUT2D eigenvalue weighted by molar-refractivity contribution is -0.383. The van der Waals surface area contributed by atoms with Gasteiger partial charge in [0.15, 0.2) is 0 Å². The summed E-state index contributed by atoms with van der Waals surface area (Å²) in [7, 11) is 0. The predicted octanol–water partition coefficient (Wildman–Crippen LogP) is 2.42. The maximum Gasteiger partial charge on any atom is 0.278 e. The van der Waals surface area contributed by atoms with Crippen molar-refractivity contribution in [3.05, 3.63) is 40.6 Å². The van der Waals surface area contributed by atoms with Crippen LogP contribution in [-0.2, 0) is 4.79 Å². The zero-order chi connectivity index (χ0) is 16.4. The van der Waals surface area contributed by atoms with E-state index in [0.29, 0.717) is 23.4 Å². The zero-order valence-electron chi connectivity index (χ0n) is 12.9. The number of pyridine rings is 1. The summed E-state index contributed by atoms with van der Waals surface area (Å²) < 4.78 is 0. The fourth-order valence-corrected chi connectivity index (χ4v) is 3.00. The summed E-state index contributed by atoms with van der Waals surface area (Å²) in [5.74, 6) is 0.489. The number of nitrogens with one attached hydrogen (secondary N) is 1. The molecule has 1 atom stereocenters. The Kier molecular flexibility index (Phi) is 4.10. The van der Waals surface area contributed by atoms with Gasteiger partial charge in [0, 0.05) is 38.8 Å². The second-order valence-electron chi connectivity index (χ2n) is 5.79. The first-order valence-electron chi connectivity index (χ1n) is 7.58. The number of nitrogens with zero attached hydrogens (tertiary/aromatic N) is 3. The molecular weight excluding hydrogens is 296 g/mol. The highest BCUT2D eigenvalue weighted by Gasteiger charge is 2.24. The fraction of sp³-hybridized carbons (Fsp3) is 0.375. The van der Waals surface area contributed by atoms with Crippen molar-refractivity contribution < 1.29 is 9.72 Å². The molecular formula is C16H18N4O3. The topological polar surface area (TPSA) is 88.4 Å². The Balaban J connectivity index is 1.78. The van der Waals surface area contributed by atoms with Crippen LogP contribution in [0.3, 0.4) is 0 Å². The smallest absolute Gasteiger partial charge is 0.278 e. The number of carbonyl (C=O) groups excluding carboxylic acids is 1.